The summed E-state index contributed by atoms with van der Waals surface area (Å²) in [6, 6.07) is 12.6. The molecule has 0 aromatic heterocycles. The lowest BCUT2D eigenvalue weighted by Gasteiger charge is -2.23. The molecule has 0 amide bonds. The van der Waals surface area contributed by atoms with Gasteiger partial charge in [-0.25, -0.2) is 18.6 Å². The molecule has 2 heterocycles. The van der Waals surface area contributed by atoms with E-state index in [1.165, 1.54) is 33.9 Å². The molecule has 2 aliphatic rings. The number of hydrogen-bond acceptors (Lipinski definition) is 7. The molecule has 0 fully saturated rings. The van der Waals surface area contributed by atoms with Crippen LogP contribution in [0.25, 0.3) is 0 Å². The van der Waals surface area contributed by atoms with Crippen LogP contribution in [0.3, 0.4) is 0 Å². The minimum Gasteiger partial charge on any atom is -0.497 e. The van der Waals surface area contributed by atoms with Gasteiger partial charge in [-0.1, -0.05) is 44.2 Å². The molecule has 4 rings (SSSR count). The second-order valence-electron chi connectivity index (χ2n) is 10.6. The van der Waals surface area contributed by atoms with Crippen molar-refractivity contribution in [2.45, 2.75) is 38.5 Å². The van der Waals surface area contributed by atoms with Crippen molar-refractivity contribution < 1.29 is 42.9 Å². The first-order valence-electron chi connectivity index (χ1n) is 12.7. The Morgan fingerprint density at radius 2 is 1.30 bits per heavy atom. The van der Waals surface area contributed by atoms with E-state index >= 15 is 0 Å². The van der Waals surface area contributed by atoms with Crippen LogP contribution in [0.15, 0.2) is 84.6 Å². The van der Waals surface area contributed by atoms with Gasteiger partial charge in [-0.05, 0) is 55.8 Å². The van der Waals surface area contributed by atoms with Gasteiger partial charge in [0.2, 0.25) is 5.69 Å². The van der Waals surface area contributed by atoms with Gasteiger partial charge in [0.25, 0.3) is 0 Å². The lowest BCUT2D eigenvalue weighted by Crippen LogP contribution is -2.68. The van der Waals surface area contributed by atoms with Crippen LogP contribution < -0.4 is 33.0 Å². The summed E-state index contributed by atoms with van der Waals surface area (Å²) in [6.45, 7) is 9.05. The average Bonchev–Trinajstić information content (AvgIpc) is 3.19. The molecule has 2 aromatic rings. The Hall–Kier alpha value is -3.40. The third-order valence-electron chi connectivity index (χ3n) is 7.43. The maximum Gasteiger partial charge on any atom is 0.209 e. The summed E-state index contributed by atoms with van der Waals surface area (Å²) in [5, 5.41) is 0. The van der Waals surface area contributed by atoms with Gasteiger partial charge >= 0.3 is 0 Å². The third kappa shape index (κ3) is 6.66. The zero-order chi connectivity index (χ0) is 29.9. The lowest BCUT2D eigenvalue weighted by atomic mass is 9.81. The monoisotopic (exact) mass is 568 g/mol. The van der Waals surface area contributed by atoms with E-state index in [-0.39, 0.29) is 10.8 Å². The van der Waals surface area contributed by atoms with Crippen LogP contribution in [0.5, 0.6) is 11.5 Å². The van der Waals surface area contributed by atoms with Crippen LogP contribution in [0.4, 0.5) is 11.4 Å². The summed E-state index contributed by atoms with van der Waals surface area (Å²) < 4.78 is 47.1. The SMILES string of the molecule is COc1ccc2c(c1)C(C)(C)C(/C=C/C=C/C=C/C=C1\N(C)c3ccc(OC)cc3C1(C)C)=[N+]2C.[O-][Cl+3]([O-])([O-])[O-]. The lowest BCUT2D eigenvalue weighted by molar-refractivity contribution is -2.00. The Morgan fingerprint density at radius 1 is 0.775 bits per heavy atom. The fraction of sp³-hybridized carbons (Fsp3) is 0.323. The summed E-state index contributed by atoms with van der Waals surface area (Å²) >= 11 is 0. The van der Waals surface area contributed by atoms with Crippen LogP contribution in [0.1, 0.15) is 38.8 Å². The molecule has 0 N–H and O–H groups in total. The zero-order valence-corrected chi connectivity index (χ0v) is 25.0. The number of rotatable bonds is 6. The Morgan fingerprint density at radius 3 is 1.90 bits per heavy atom. The van der Waals surface area contributed by atoms with Gasteiger partial charge < -0.3 is 14.4 Å². The second-order valence-corrected chi connectivity index (χ2v) is 11.3. The molecule has 0 spiro atoms. The summed E-state index contributed by atoms with van der Waals surface area (Å²) in [5.74, 6) is 1.79. The number of nitrogens with zero attached hydrogens (tertiary/aromatic N) is 2. The molecule has 0 unspecified atom stereocenters. The van der Waals surface area contributed by atoms with E-state index in [1.54, 1.807) is 14.2 Å². The first-order valence-corrected chi connectivity index (χ1v) is 13.9. The molecule has 0 bridgehead atoms. The standard InChI is InChI=1S/C31H37N2O2.ClHO4/c1-30(2)24-20-22(34-7)16-18-26(24)32(5)28(30)14-12-10-9-11-13-15-29-31(3,4)25-21-23(35-8)17-19-27(25)33(29)6;2-1(3,4)5/h9-21H,1-8H3;(H,2,3,4,5)/q+1;/p-1. The van der Waals surface area contributed by atoms with Crippen LogP contribution in [-0.4, -0.2) is 38.6 Å². The quantitative estimate of drug-likeness (QED) is 0.386. The highest BCUT2D eigenvalue weighted by Crippen LogP contribution is 2.48. The van der Waals surface area contributed by atoms with Crippen molar-refractivity contribution in [3.63, 3.8) is 0 Å². The van der Waals surface area contributed by atoms with E-state index < -0.39 is 10.2 Å². The number of halogens is 1. The summed E-state index contributed by atoms with van der Waals surface area (Å²) in [5.41, 5.74) is 7.39. The Bertz CT molecular complexity index is 1390. The minimum atomic E-state index is -4.94. The number of methoxy groups -OCH3 is 2. The van der Waals surface area contributed by atoms with Gasteiger partial charge in [-0.15, -0.1) is 10.2 Å². The Balaban J connectivity index is 0.000000810. The smallest absolute Gasteiger partial charge is 0.209 e. The van der Waals surface area contributed by atoms with Crippen molar-refractivity contribution in [1.29, 1.82) is 0 Å². The number of fused-ring (bicyclic) bond motifs is 2. The molecule has 214 valence electrons. The molecule has 0 saturated heterocycles. The minimum absolute atomic E-state index is 0.0838. The van der Waals surface area contributed by atoms with Gasteiger partial charge in [0.05, 0.1) is 19.6 Å². The van der Waals surface area contributed by atoms with Crippen LogP contribution in [-0.2, 0) is 10.8 Å². The van der Waals surface area contributed by atoms with E-state index in [4.69, 9.17) is 28.1 Å². The van der Waals surface area contributed by atoms with Gasteiger partial charge in [0.15, 0.2) is 5.71 Å². The van der Waals surface area contributed by atoms with Crippen molar-refractivity contribution in [1.82, 2.24) is 0 Å². The van der Waals surface area contributed by atoms with Crippen molar-refractivity contribution in [2.75, 3.05) is 33.2 Å². The molecule has 0 radical (unpaired) electrons. The summed E-state index contributed by atoms with van der Waals surface area (Å²) in [7, 11) is 2.74. The number of anilines is 1. The van der Waals surface area contributed by atoms with Crippen molar-refractivity contribution in [3.05, 3.63) is 95.8 Å². The number of allylic oxidation sites excluding steroid dienone is 8. The van der Waals surface area contributed by atoms with Gasteiger partial charge in [0, 0.05) is 41.6 Å². The molecule has 9 heteroatoms. The van der Waals surface area contributed by atoms with E-state index in [9.17, 15) is 0 Å². The molecule has 2 aromatic carbocycles. The van der Waals surface area contributed by atoms with E-state index in [0.717, 1.165) is 11.5 Å². The predicted molar refractivity (Wildman–Crippen MR) is 147 cm³/mol. The highest BCUT2D eigenvalue weighted by atomic mass is 35.7. The molecule has 0 aliphatic carbocycles. The van der Waals surface area contributed by atoms with Gasteiger partial charge in [-0.2, -0.15) is 4.58 Å². The number of ether oxygens (including phenoxy) is 2. The number of hydrogen-bond donors (Lipinski definition) is 0. The van der Waals surface area contributed by atoms with Gasteiger partial charge in [0.1, 0.15) is 18.5 Å². The maximum absolute atomic E-state index is 8.49. The van der Waals surface area contributed by atoms with Gasteiger partial charge in [-0.3, -0.25) is 0 Å². The van der Waals surface area contributed by atoms with Crippen molar-refractivity contribution in [3.8, 4) is 11.5 Å². The fourth-order valence-electron chi connectivity index (χ4n) is 5.37. The third-order valence-corrected chi connectivity index (χ3v) is 7.43. The van der Waals surface area contributed by atoms with Crippen LogP contribution >= 0.6 is 0 Å². The highest BCUT2D eigenvalue weighted by molar-refractivity contribution is 6.03. The normalized spacial score (nSPS) is 18.5. The van der Waals surface area contributed by atoms with Crippen LogP contribution in [0.2, 0.25) is 0 Å². The average molecular weight is 569 g/mol. The topological polar surface area (TPSA) is 117 Å². The zero-order valence-electron chi connectivity index (χ0n) is 24.2. The molecule has 0 saturated carbocycles. The first kappa shape index (κ1) is 31.1. The van der Waals surface area contributed by atoms with Crippen molar-refractivity contribution in [2.24, 2.45) is 0 Å². The molecule has 8 nitrogen and oxygen atoms in total. The first-order chi connectivity index (χ1) is 18.6. The molecule has 40 heavy (non-hydrogen) atoms. The molecule has 2 aliphatic heterocycles. The number of benzene rings is 2. The molecular weight excluding hydrogens is 532 g/mol. The van der Waals surface area contributed by atoms with E-state index in [2.05, 4.69) is 118 Å². The largest absolute Gasteiger partial charge is 0.497 e. The van der Waals surface area contributed by atoms with Crippen molar-refractivity contribution >= 4 is 17.1 Å². The molecule has 0 atom stereocenters. The number of likely N-dealkylation sites (N-methyl/N-ethyl adjacent to an activating group) is 1. The maximum atomic E-state index is 8.49. The fourth-order valence-corrected chi connectivity index (χ4v) is 5.37. The van der Waals surface area contributed by atoms with E-state index in [1.807, 2.05) is 12.1 Å². The predicted octanol–water partition coefficient (Wildman–Crippen LogP) is 1.93. The second kappa shape index (κ2) is 12.0. The summed E-state index contributed by atoms with van der Waals surface area (Å²) in [6.07, 6.45) is 14.9. The Labute approximate surface area is 238 Å². The summed E-state index contributed by atoms with van der Waals surface area (Å²) in [4.78, 5) is 2.27. The molecular formula is C31H37ClN2O6. The van der Waals surface area contributed by atoms with E-state index in [0.29, 0.717) is 0 Å². The Kier molecular flexibility index (Phi) is 9.34. The van der Waals surface area contributed by atoms with Crippen LogP contribution in [0, 0.1) is 10.2 Å². The highest BCUT2D eigenvalue weighted by Gasteiger charge is 2.43.